The molecular weight excluding hydrogens is 382 g/mol. The molecule has 0 spiro atoms. The van der Waals surface area contributed by atoms with E-state index in [9.17, 15) is 18.4 Å². The van der Waals surface area contributed by atoms with Crippen molar-refractivity contribution in [1.82, 2.24) is 9.97 Å². The molecule has 0 bridgehead atoms. The van der Waals surface area contributed by atoms with E-state index in [0.717, 1.165) is 24.2 Å². The van der Waals surface area contributed by atoms with E-state index in [2.05, 4.69) is 15.3 Å². The summed E-state index contributed by atoms with van der Waals surface area (Å²) in [6.45, 7) is -0.711. The summed E-state index contributed by atoms with van der Waals surface area (Å²) in [5.74, 6) is -4.82. The molecule has 1 fully saturated rings. The molecule has 29 heavy (non-hydrogen) atoms. The largest absolute Gasteiger partial charge is 0.366 e. The molecule has 0 saturated heterocycles. The lowest BCUT2D eigenvalue weighted by Gasteiger charge is -2.38. The highest BCUT2D eigenvalue weighted by Crippen LogP contribution is 2.40. The standard InChI is InChI=1S/C19H20F2N6O2/c1-26-14-9-23-18(24-12-7-5-11(6-8-12)15(22)28)25-16(14)27(13-3-2-4-13)10-19(20,21)17(26)29/h5-9,13H,2-4,10H2,1H3,(H2,22,28)(H,23,24,25). The predicted octanol–water partition coefficient (Wildman–Crippen LogP) is 2.29. The van der Waals surface area contributed by atoms with Gasteiger partial charge in [-0.2, -0.15) is 13.8 Å². The zero-order valence-corrected chi connectivity index (χ0v) is 15.7. The Morgan fingerprint density at radius 2 is 1.97 bits per heavy atom. The summed E-state index contributed by atoms with van der Waals surface area (Å²) in [7, 11) is 1.30. The number of carbonyl (C=O) groups excluding carboxylic acids is 2. The fraction of sp³-hybridized carbons (Fsp3) is 0.368. The van der Waals surface area contributed by atoms with E-state index in [1.807, 2.05) is 0 Å². The number of halogens is 2. The van der Waals surface area contributed by atoms with Crippen LogP contribution in [0.25, 0.3) is 0 Å². The second-order valence-electron chi connectivity index (χ2n) is 7.25. The number of carbonyl (C=O) groups is 2. The number of fused-ring (bicyclic) bond motifs is 1. The second-order valence-corrected chi connectivity index (χ2v) is 7.25. The number of primary amides is 1. The third-order valence-electron chi connectivity index (χ3n) is 5.31. The van der Waals surface area contributed by atoms with Crippen LogP contribution in [0, 0.1) is 0 Å². The predicted molar refractivity (Wildman–Crippen MR) is 104 cm³/mol. The van der Waals surface area contributed by atoms with E-state index in [0.29, 0.717) is 17.1 Å². The van der Waals surface area contributed by atoms with Crippen molar-refractivity contribution in [1.29, 1.82) is 0 Å². The summed E-state index contributed by atoms with van der Waals surface area (Å²) in [6.07, 6.45) is 3.87. The molecule has 0 radical (unpaired) electrons. The number of amides is 2. The van der Waals surface area contributed by atoms with Crippen LogP contribution in [-0.2, 0) is 4.79 Å². The highest BCUT2D eigenvalue weighted by atomic mass is 19.3. The van der Waals surface area contributed by atoms with Gasteiger partial charge in [0.1, 0.15) is 5.69 Å². The van der Waals surface area contributed by atoms with E-state index < -0.39 is 24.3 Å². The van der Waals surface area contributed by atoms with Crippen molar-refractivity contribution in [2.75, 3.05) is 28.7 Å². The summed E-state index contributed by atoms with van der Waals surface area (Å²) < 4.78 is 28.9. The maximum atomic E-state index is 14.5. The van der Waals surface area contributed by atoms with Crippen LogP contribution in [-0.4, -0.2) is 47.3 Å². The van der Waals surface area contributed by atoms with E-state index in [-0.39, 0.29) is 17.7 Å². The van der Waals surface area contributed by atoms with Crippen molar-refractivity contribution in [3.05, 3.63) is 36.0 Å². The number of aromatic nitrogens is 2. The Morgan fingerprint density at radius 3 is 2.55 bits per heavy atom. The van der Waals surface area contributed by atoms with Crippen molar-refractivity contribution in [3.63, 3.8) is 0 Å². The Kier molecular flexibility index (Phi) is 4.56. The van der Waals surface area contributed by atoms with Crippen LogP contribution >= 0.6 is 0 Å². The summed E-state index contributed by atoms with van der Waals surface area (Å²) in [5, 5.41) is 2.99. The summed E-state index contributed by atoms with van der Waals surface area (Å²) in [6, 6.07) is 6.31. The number of nitrogens with zero attached hydrogens (tertiary/aromatic N) is 4. The first-order chi connectivity index (χ1) is 13.8. The molecule has 2 amide bonds. The fourth-order valence-electron chi connectivity index (χ4n) is 3.43. The van der Waals surface area contributed by atoms with Gasteiger partial charge in [0.2, 0.25) is 11.9 Å². The van der Waals surface area contributed by atoms with Crippen molar-refractivity contribution < 1.29 is 18.4 Å². The Hall–Kier alpha value is -3.30. The Balaban J connectivity index is 1.69. The van der Waals surface area contributed by atoms with Gasteiger partial charge >= 0.3 is 5.92 Å². The molecule has 1 aromatic carbocycles. The average molecular weight is 402 g/mol. The third-order valence-corrected chi connectivity index (χ3v) is 5.31. The smallest absolute Gasteiger partial charge is 0.342 e. The van der Waals surface area contributed by atoms with Crippen molar-refractivity contribution >= 4 is 35.0 Å². The van der Waals surface area contributed by atoms with Crippen LogP contribution in [0.4, 0.5) is 31.9 Å². The first-order valence-corrected chi connectivity index (χ1v) is 9.23. The molecule has 152 valence electrons. The minimum atomic E-state index is -3.51. The number of rotatable bonds is 4. The maximum absolute atomic E-state index is 14.5. The molecule has 1 aromatic heterocycles. The zero-order chi connectivity index (χ0) is 20.8. The number of hydrogen-bond donors (Lipinski definition) is 2. The number of alkyl halides is 2. The molecular formula is C19H20F2N6O2. The van der Waals surface area contributed by atoms with Gasteiger partial charge in [-0.1, -0.05) is 0 Å². The molecule has 1 aliphatic heterocycles. The van der Waals surface area contributed by atoms with Crippen LogP contribution in [0.5, 0.6) is 0 Å². The third kappa shape index (κ3) is 3.45. The average Bonchev–Trinajstić information content (AvgIpc) is 2.71. The van der Waals surface area contributed by atoms with Crippen molar-refractivity contribution in [2.45, 2.75) is 31.2 Å². The lowest BCUT2D eigenvalue weighted by molar-refractivity contribution is -0.140. The molecule has 2 heterocycles. The van der Waals surface area contributed by atoms with Crippen LogP contribution in [0.2, 0.25) is 0 Å². The Labute approximate surface area is 165 Å². The zero-order valence-electron chi connectivity index (χ0n) is 15.7. The summed E-state index contributed by atoms with van der Waals surface area (Å²) in [5.41, 5.74) is 6.44. The first-order valence-electron chi connectivity index (χ1n) is 9.23. The number of benzene rings is 1. The fourth-order valence-corrected chi connectivity index (χ4v) is 3.43. The number of nitrogens with one attached hydrogen (secondary N) is 1. The van der Waals surface area contributed by atoms with Crippen LogP contribution < -0.4 is 20.9 Å². The minimum Gasteiger partial charge on any atom is -0.366 e. The van der Waals surface area contributed by atoms with Gasteiger partial charge in [0, 0.05) is 24.3 Å². The molecule has 4 rings (SSSR count). The van der Waals surface area contributed by atoms with Gasteiger partial charge in [-0.05, 0) is 43.5 Å². The number of hydrogen-bond acceptors (Lipinski definition) is 6. The summed E-state index contributed by atoms with van der Waals surface area (Å²) >= 11 is 0. The molecule has 0 unspecified atom stereocenters. The monoisotopic (exact) mass is 402 g/mol. The topological polar surface area (TPSA) is 104 Å². The number of nitrogens with two attached hydrogens (primary N) is 1. The van der Waals surface area contributed by atoms with Gasteiger partial charge in [-0.25, -0.2) is 4.98 Å². The molecule has 0 atom stereocenters. The molecule has 1 saturated carbocycles. The Morgan fingerprint density at radius 1 is 1.28 bits per heavy atom. The second kappa shape index (κ2) is 6.94. The molecule has 2 aliphatic rings. The highest BCUT2D eigenvalue weighted by Gasteiger charge is 2.49. The molecule has 10 heteroatoms. The molecule has 1 aliphatic carbocycles. The lowest BCUT2D eigenvalue weighted by atomic mass is 9.91. The quantitative estimate of drug-likeness (QED) is 0.813. The van der Waals surface area contributed by atoms with Gasteiger partial charge in [-0.15, -0.1) is 0 Å². The number of anilines is 4. The van der Waals surface area contributed by atoms with Gasteiger partial charge in [0.05, 0.1) is 12.7 Å². The van der Waals surface area contributed by atoms with Crippen molar-refractivity contribution in [2.24, 2.45) is 5.73 Å². The normalized spacial score (nSPS) is 18.7. The van der Waals surface area contributed by atoms with Crippen LogP contribution in [0.1, 0.15) is 29.6 Å². The van der Waals surface area contributed by atoms with E-state index in [1.54, 1.807) is 24.3 Å². The summed E-state index contributed by atoms with van der Waals surface area (Å²) in [4.78, 5) is 34.4. The first kappa shape index (κ1) is 19.0. The minimum absolute atomic E-state index is 0.0866. The van der Waals surface area contributed by atoms with E-state index in [1.165, 1.54) is 18.1 Å². The Bertz CT molecular complexity index is 962. The van der Waals surface area contributed by atoms with Crippen LogP contribution in [0.15, 0.2) is 30.5 Å². The molecule has 2 aromatic rings. The molecule has 3 N–H and O–H groups in total. The van der Waals surface area contributed by atoms with Crippen molar-refractivity contribution in [3.8, 4) is 0 Å². The van der Waals surface area contributed by atoms with Gasteiger partial charge in [0.15, 0.2) is 5.82 Å². The maximum Gasteiger partial charge on any atom is 0.342 e. The van der Waals surface area contributed by atoms with E-state index in [4.69, 9.17) is 5.73 Å². The molecule has 8 nitrogen and oxygen atoms in total. The lowest BCUT2D eigenvalue weighted by Crippen LogP contribution is -2.50. The van der Waals surface area contributed by atoms with E-state index >= 15 is 0 Å². The van der Waals surface area contributed by atoms with Gasteiger partial charge in [0.25, 0.3) is 5.91 Å². The van der Waals surface area contributed by atoms with Gasteiger partial charge < -0.3 is 20.9 Å². The highest BCUT2D eigenvalue weighted by molar-refractivity contribution is 6.02. The SMILES string of the molecule is CN1C(=O)C(F)(F)CN(C2CCC2)c2nc(Nc3ccc(C(N)=O)cc3)ncc21. The van der Waals surface area contributed by atoms with Gasteiger partial charge in [-0.3, -0.25) is 9.59 Å². The van der Waals surface area contributed by atoms with Crippen LogP contribution in [0.3, 0.4) is 0 Å².